The topological polar surface area (TPSA) is 90.8 Å². The summed E-state index contributed by atoms with van der Waals surface area (Å²) >= 11 is 0. The zero-order chi connectivity index (χ0) is 15.2. The zero-order valence-electron chi connectivity index (χ0n) is 11.9. The summed E-state index contributed by atoms with van der Waals surface area (Å²) in [4.78, 5) is 0. The molecule has 0 amide bonds. The van der Waals surface area contributed by atoms with Gasteiger partial charge in [-0.25, -0.2) is 0 Å². The number of hydrogen-bond donors (Lipinski definition) is 4. The van der Waals surface area contributed by atoms with Crippen LogP contribution in [-0.2, 0) is 13.1 Å². The van der Waals surface area contributed by atoms with Crippen molar-refractivity contribution in [3.8, 4) is 23.5 Å². The molecule has 116 valence electrons. The van der Waals surface area contributed by atoms with Crippen molar-refractivity contribution in [2.75, 3.05) is 0 Å². The lowest BCUT2D eigenvalue weighted by atomic mass is 10.1. The van der Waals surface area contributed by atoms with E-state index in [1.54, 1.807) is 0 Å². The maximum Gasteiger partial charge on any atom is 0.193 e. The molecule has 0 unspecified atom stereocenters. The van der Waals surface area contributed by atoms with Gasteiger partial charge >= 0.3 is 0 Å². The van der Waals surface area contributed by atoms with E-state index in [0.717, 1.165) is 32.1 Å². The molecule has 0 fully saturated rings. The van der Waals surface area contributed by atoms with Crippen LogP contribution in [0.1, 0.15) is 32.1 Å². The van der Waals surface area contributed by atoms with Crippen molar-refractivity contribution in [2.45, 2.75) is 45.2 Å². The molecule has 4 N–H and O–H groups in total. The van der Waals surface area contributed by atoms with Crippen LogP contribution >= 0.6 is 0 Å². The van der Waals surface area contributed by atoms with Gasteiger partial charge in [-0.2, -0.15) is 0 Å². The molecule has 0 atom stereocenters. The van der Waals surface area contributed by atoms with Gasteiger partial charge in [0, 0.05) is 37.4 Å². The van der Waals surface area contributed by atoms with E-state index in [1.807, 2.05) is 0 Å². The second-order valence-corrected chi connectivity index (χ2v) is 5.17. The largest absolute Gasteiger partial charge is 0.494 e. The Balaban J connectivity index is 1.59. The van der Waals surface area contributed by atoms with E-state index in [9.17, 15) is 20.4 Å². The summed E-state index contributed by atoms with van der Waals surface area (Å²) in [6.45, 7) is 1.20. The predicted octanol–water partition coefficient (Wildman–Crippen LogP) is 2.76. The first-order valence-electron chi connectivity index (χ1n) is 7.24. The smallest absolute Gasteiger partial charge is 0.193 e. The van der Waals surface area contributed by atoms with Gasteiger partial charge in [0.15, 0.2) is 23.5 Å². The Hall–Kier alpha value is -2.24. The zero-order valence-corrected chi connectivity index (χ0v) is 11.9. The van der Waals surface area contributed by atoms with Crippen LogP contribution in [0.5, 0.6) is 23.5 Å². The third-order valence-electron chi connectivity index (χ3n) is 3.63. The van der Waals surface area contributed by atoms with Gasteiger partial charge in [-0.15, -0.1) is 0 Å². The van der Waals surface area contributed by atoms with E-state index in [0.29, 0.717) is 13.1 Å². The van der Waals surface area contributed by atoms with Crippen LogP contribution in [0.15, 0.2) is 24.3 Å². The van der Waals surface area contributed by atoms with Gasteiger partial charge in [0.05, 0.1) is 0 Å². The summed E-state index contributed by atoms with van der Waals surface area (Å²) in [5, 5.41) is 37.9. The molecule has 0 spiro atoms. The van der Waals surface area contributed by atoms with Gasteiger partial charge in [-0.3, -0.25) is 9.13 Å². The lowest BCUT2D eigenvalue weighted by Gasteiger charge is -2.08. The summed E-state index contributed by atoms with van der Waals surface area (Å²) in [6, 6.07) is 5.91. The summed E-state index contributed by atoms with van der Waals surface area (Å²) in [7, 11) is 0. The van der Waals surface area contributed by atoms with Crippen molar-refractivity contribution in [1.29, 1.82) is 0 Å². The molecular weight excluding hydrogens is 272 g/mol. The van der Waals surface area contributed by atoms with Crippen molar-refractivity contribution in [3.63, 3.8) is 0 Å². The van der Waals surface area contributed by atoms with Crippen LogP contribution in [0.25, 0.3) is 0 Å². The molecule has 2 rings (SSSR count). The van der Waals surface area contributed by atoms with Crippen molar-refractivity contribution in [2.24, 2.45) is 0 Å². The van der Waals surface area contributed by atoms with Crippen LogP contribution in [0.4, 0.5) is 0 Å². The fourth-order valence-corrected chi connectivity index (χ4v) is 2.42. The highest BCUT2D eigenvalue weighted by Crippen LogP contribution is 2.23. The van der Waals surface area contributed by atoms with Crippen LogP contribution < -0.4 is 0 Å². The number of unbranched alkanes of at least 4 members (excludes halogenated alkanes) is 4. The quantitative estimate of drug-likeness (QED) is 0.563. The van der Waals surface area contributed by atoms with E-state index < -0.39 is 0 Å². The summed E-state index contributed by atoms with van der Waals surface area (Å²) < 4.78 is 2.96. The molecule has 2 aromatic heterocycles. The van der Waals surface area contributed by atoms with Gasteiger partial charge in [-0.05, 0) is 12.8 Å². The minimum atomic E-state index is 0.0889. The second kappa shape index (κ2) is 6.97. The van der Waals surface area contributed by atoms with E-state index >= 15 is 0 Å². The number of hydrogen-bond acceptors (Lipinski definition) is 4. The van der Waals surface area contributed by atoms with Crippen LogP contribution in [0, 0.1) is 0 Å². The van der Waals surface area contributed by atoms with Crippen molar-refractivity contribution in [3.05, 3.63) is 24.3 Å². The minimum absolute atomic E-state index is 0.0889. The Bertz CT molecular complexity index is 485. The van der Waals surface area contributed by atoms with E-state index in [2.05, 4.69) is 0 Å². The molecular formula is C15H22N2O4. The average molecular weight is 294 g/mol. The molecule has 0 aliphatic heterocycles. The molecule has 21 heavy (non-hydrogen) atoms. The Kier molecular flexibility index (Phi) is 5.03. The minimum Gasteiger partial charge on any atom is -0.494 e. The van der Waals surface area contributed by atoms with Gasteiger partial charge in [0.25, 0.3) is 0 Å². The first-order valence-corrected chi connectivity index (χ1v) is 7.24. The summed E-state index contributed by atoms with van der Waals surface area (Å²) in [5.74, 6) is 0.356. The highest BCUT2D eigenvalue weighted by atomic mass is 16.3. The summed E-state index contributed by atoms with van der Waals surface area (Å²) in [5.41, 5.74) is 0. The molecule has 0 aliphatic carbocycles. The van der Waals surface area contributed by atoms with Gasteiger partial charge in [-0.1, -0.05) is 19.3 Å². The Morgan fingerprint density at radius 1 is 0.524 bits per heavy atom. The molecule has 0 saturated heterocycles. The van der Waals surface area contributed by atoms with Crippen LogP contribution in [0.3, 0.4) is 0 Å². The molecule has 0 saturated carbocycles. The van der Waals surface area contributed by atoms with Crippen LogP contribution in [-0.4, -0.2) is 29.6 Å². The third kappa shape index (κ3) is 3.87. The average Bonchev–Trinajstić information content (AvgIpc) is 2.94. The molecule has 0 aliphatic rings. The molecule has 2 heterocycles. The third-order valence-corrected chi connectivity index (χ3v) is 3.63. The van der Waals surface area contributed by atoms with Gasteiger partial charge in [0.1, 0.15) is 0 Å². The fraction of sp³-hybridized carbons (Fsp3) is 0.467. The van der Waals surface area contributed by atoms with Crippen molar-refractivity contribution < 1.29 is 20.4 Å². The van der Waals surface area contributed by atoms with Crippen LogP contribution in [0.2, 0.25) is 0 Å². The summed E-state index contributed by atoms with van der Waals surface area (Å²) in [6.07, 6.45) is 4.80. The first kappa shape index (κ1) is 15.2. The van der Waals surface area contributed by atoms with Gasteiger partial charge in [0.2, 0.25) is 0 Å². The maximum absolute atomic E-state index is 9.48. The Morgan fingerprint density at radius 2 is 0.810 bits per heavy atom. The van der Waals surface area contributed by atoms with Crippen molar-refractivity contribution >= 4 is 0 Å². The number of rotatable bonds is 8. The van der Waals surface area contributed by atoms with Crippen molar-refractivity contribution in [1.82, 2.24) is 9.13 Å². The van der Waals surface area contributed by atoms with E-state index in [1.165, 1.54) is 33.4 Å². The maximum atomic E-state index is 9.48. The predicted molar refractivity (Wildman–Crippen MR) is 78.6 cm³/mol. The second-order valence-electron chi connectivity index (χ2n) is 5.17. The highest BCUT2D eigenvalue weighted by Gasteiger charge is 2.06. The SMILES string of the molecule is Oc1ccc(O)n1CCCCCCCn1c(O)ccc1O. The van der Waals surface area contributed by atoms with Gasteiger partial charge < -0.3 is 20.4 Å². The molecule has 0 bridgehead atoms. The monoisotopic (exact) mass is 294 g/mol. The standard InChI is InChI=1S/C15H22N2O4/c18-12-6-7-13(19)16(12)10-4-2-1-3-5-11-17-14(20)8-9-15(17)21/h6-9,18-21H,1-5,10-11H2. The Morgan fingerprint density at radius 3 is 1.14 bits per heavy atom. The lowest BCUT2D eigenvalue weighted by Crippen LogP contribution is -1.98. The normalized spacial score (nSPS) is 11.0. The number of nitrogens with zero attached hydrogens (tertiary/aromatic N) is 2. The molecule has 0 radical (unpaired) electrons. The Labute approximate surface area is 123 Å². The molecule has 0 aromatic carbocycles. The lowest BCUT2D eigenvalue weighted by molar-refractivity contribution is 0.357. The molecule has 6 heteroatoms. The fourth-order valence-electron chi connectivity index (χ4n) is 2.42. The highest BCUT2D eigenvalue weighted by molar-refractivity contribution is 5.24. The van der Waals surface area contributed by atoms with E-state index in [4.69, 9.17) is 0 Å². The number of aromatic hydroxyl groups is 4. The first-order chi connectivity index (χ1) is 10.1. The molecule has 6 nitrogen and oxygen atoms in total. The number of aromatic nitrogens is 2. The molecule has 2 aromatic rings. The van der Waals surface area contributed by atoms with E-state index in [-0.39, 0.29) is 23.5 Å².